The lowest BCUT2D eigenvalue weighted by Crippen LogP contribution is -2.27. The molecule has 3 aromatic carbocycles. The number of carbonyl (C=O) groups excluding carboxylic acids is 1. The zero-order valence-electron chi connectivity index (χ0n) is 15.7. The fourth-order valence-corrected chi connectivity index (χ4v) is 3.68. The zero-order valence-corrected chi connectivity index (χ0v) is 15.7. The van der Waals surface area contributed by atoms with Crippen molar-refractivity contribution >= 4 is 11.6 Å². The smallest absolute Gasteiger partial charge is 0.255 e. The van der Waals surface area contributed by atoms with Gasteiger partial charge in [0, 0.05) is 22.2 Å². The number of aryl methyl sites for hydroxylation is 1. The Balaban J connectivity index is 1.61. The van der Waals surface area contributed by atoms with Crippen molar-refractivity contribution in [3.8, 4) is 5.75 Å². The van der Waals surface area contributed by atoms with Crippen molar-refractivity contribution in [3.63, 3.8) is 0 Å². The van der Waals surface area contributed by atoms with Crippen LogP contribution in [0.1, 0.15) is 34.0 Å². The Morgan fingerprint density at radius 3 is 2.56 bits per heavy atom. The van der Waals surface area contributed by atoms with E-state index in [1.807, 2.05) is 55.5 Å². The van der Waals surface area contributed by atoms with Crippen molar-refractivity contribution in [2.45, 2.75) is 25.7 Å². The monoisotopic (exact) mass is 357 g/mol. The number of rotatable bonds is 4. The second-order valence-electron chi connectivity index (χ2n) is 7.49. The molecule has 1 aliphatic heterocycles. The molecular weight excluding hydrogens is 334 g/mol. The van der Waals surface area contributed by atoms with Crippen LogP contribution in [0.3, 0.4) is 0 Å². The SMILES string of the molecule is Cc1ccccc1NC(=O)c1ccc2c(c1)C(C)(Cc1ccccc1)CO2. The molecule has 0 aliphatic carbocycles. The summed E-state index contributed by atoms with van der Waals surface area (Å²) in [5, 5.41) is 3.01. The maximum absolute atomic E-state index is 12.8. The number of para-hydroxylation sites is 1. The molecule has 0 bridgehead atoms. The van der Waals surface area contributed by atoms with Crippen LogP contribution in [0.25, 0.3) is 0 Å². The van der Waals surface area contributed by atoms with Gasteiger partial charge in [-0.15, -0.1) is 0 Å². The zero-order chi connectivity index (χ0) is 18.9. The summed E-state index contributed by atoms with van der Waals surface area (Å²) in [6, 6.07) is 23.9. The third-order valence-corrected chi connectivity index (χ3v) is 5.27. The number of benzene rings is 3. The minimum absolute atomic E-state index is 0.0962. The maximum atomic E-state index is 12.8. The fraction of sp³-hybridized carbons (Fsp3) is 0.208. The van der Waals surface area contributed by atoms with E-state index in [4.69, 9.17) is 4.74 Å². The van der Waals surface area contributed by atoms with Crippen molar-refractivity contribution in [2.75, 3.05) is 11.9 Å². The van der Waals surface area contributed by atoms with E-state index >= 15 is 0 Å². The van der Waals surface area contributed by atoms with E-state index in [-0.39, 0.29) is 11.3 Å². The highest BCUT2D eigenvalue weighted by atomic mass is 16.5. The highest BCUT2D eigenvalue weighted by Crippen LogP contribution is 2.41. The molecule has 27 heavy (non-hydrogen) atoms. The Morgan fingerprint density at radius 1 is 1.04 bits per heavy atom. The summed E-state index contributed by atoms with van der Waals surface area (Å²) in [4.78, 5) is 12.8. The van der Waals surface area contributed by atoms with Gasteiger partial charge in [0.25, 0.3) is 5.91 Å². The molecule has 1 atom stereocenters. The molecule has 3 aromatic rings. The van der Waals surface area contributed by atoms with Crippen LogP contribution in [0.5, 0.6) is 5.75 Å². The summed E-state index contributed by atoms with van der Waals surface area (Å²) in [5.74, 6) is 0.780. The average molecular weight is 357 g/mol. The first kappa shape index (κ1) is 17.3. The molecule has 0 spiro atoms. The van der Waals surface area contributed by atoms with E-state index < -0.39 is 0 Å². The third-order valence-electron chi connectivity index (χ3n) is 5.27. The van der Waals surface area contributed by atoms with Gasteiger partial charge in [-0.1, -0.05) is 55.5 Å². The molecule has 4 rings (SSSR count). The number of hydrogen-bond acceptors (Lipinski definition) is 2. The van der Waals surface area contributed by atoms with Crippen molar-refractivity contribution in [1.29, 1.82) is 0 Å². The summed E-state index contributed by atoms with van der Waals surface area (Å²) in [7, 11) is 0. The van der Waals surface area contributed by atoms with E-state index in [0.717, 1.165) is 29.0 Å². The molecule has 0 saturated carbocycles. The van der Waals surface area contributed by atoms with Gasteiger partial charge in [0.15, 0.2) is 0 Å². The number of nitrogens with one attached hydrogen (secondary N) is 1. The predicted molar refractivity (Wildman–Crippen MR) is 109 cm³/mol. The molecule has 3 heteroatoms. The molecule has 0 fully saturated rings. The van der Waals surface area contributed by atoms with Crippen LogP contribution in [-0.2, 0) is 11.8 Å². The molecule has 1 amide bonds. The second kappa shape index (κ2) is 6.92. The van der Waals surface area contributed by atoms with Crippen molar-refractivity contribution in [1.82, 2.24) is 0 Å². The molecular formula is C24H23NO2. The molecule has 1 aliphatic rings. The van der Waals surface area contributed by atoms with Gasteiger partial charge in [0.2, 0.25) is 0 Å². The largest absolute Gasteiger partial charge is 0.492 e. The highest BCUT2D eigenvalue weighted by molar-refractivity contribution is 6.05. The van der Waals surface area contributed by atoms with Gasteiger partial charge >= 0.3 is 0 Å². The second-order valence-corrected chi connectivity index (χ2v) is 7.49. The summed E-state index contributed by atoms with van der Waals surface area (Å²) in [6.07, 6.45) is 0.879. The lowest BCUT2D eigenvalue weighted by molar-refractivity contribution is 0.102. The van der Waals surface area contributed by atoms with Gasteiger partial charge < -0.3 is 10.1 Å². The van der Waals surface area contributed by atoms with Gasteiger partial charge in [-0.3, -0.25) is 4.79 Å². The van der Waals surface area contributed by atoms with Gasteiger partial charge in [-0.25, -0.2) is 0 Å². The van der Waals surface area contributed by atoms with Crippen molar-refractivity contribution in [3.05, 3.63) is 95.1 Å². The number of carbonyl (C=O) groups is 1. The number of amides is 1. The van der Waals surface area contributed by atoms with Crippen LogP contribution >= 0.6 is 0 Å². The minimum atomic E-state index is -0.143. The lowest BCUT2D eigenvalue weighted by atomic mass is 9.78. The number of fused-ring (bicyclic) bond motifs is 1. The van der Waals surface area contributed by atoms with E-state index in [1.165, 1.54) is 5.56 Å². The molecule has 0 aromatic heterocycles. The van der Waals surface area contributed by atoms with Crippen LogP contribution < -0.4 is 10.1 Å². The van der Waals surface area contributed by atoms with Crippen LogP contribution in [0.4, 0.5) is 5.69 Å². The quantitative estimate of drug-likeness (QED) is 0.702. The normalized spacial score (nSPS) is 17.9. The first-order valence-corrected chi connectivity index (χ1v) is 9.23. The van der Waals surface area contributed by atoms with E-state index in [2.05, 4.69) is 36.5 Å². The molecule has 1 heterocycles. The first-order valence-electron chi connectivity index (χ1n) is 9.23. The molecule has 3 nitrogen and oxygen atoms in total. The Morgan fingerprint density at radius 2 is 1.78 bits per heavy atom. The molecule has 136 valence electrons. The van der Waals surface area contributed by atoms with Gasteiger partial charge in [0.05, 0.1) is 6.61 Å². The third kappa shape index (κ3) is 3.45. The van der Waals surface area contributed by atoms with Crippen LogP contribution in [0, 0.1) is 6.92 Å². The van der Waals surface area contributed by atoms with Gasteiger partial charge in [0.1, 0.15) is 5.75 Å². The summed E-state index contributed by atoms with van der Waals surface area (Å²) < 4.78 is 5.93. The minimum Gasteiger partial charge on any atom is -0.492 e. The van der Waals surface area contributed by atoms with Crippen LogP contribution in [0.15, 0.2) is 72.8 Å². The summed E-state index contributed by atoms with van der Waals surface area (Å²) in [5.41, 5.74) is 4.77. The Labute approximate surface area is 160 Å². The Hall–Kier alpha value is -3.07. The van der Waals surface area contributed by atoms with Gasteiger partial charge in [-0.2, -0.15) is 0 Å². The average Bonchev–Trinajstić information content (AvgIpc) is 3.00. The molecule has 0 radical (unpaired) electrons. The number of ether oxygens (including phenoxy) is 1. The lowest BCUT2D eigenvalue weighted by Gasteiger charge is -2.23. The summed E-state index contributed by atoms with van der Waals surface area (Å²) in [6.45, 7) is 4.82. The Bertz CT molecular complexity index is 981. The molecule has 1 N–H and O–H groups in total. The summed E-state index contributed by atoms with van der Waals surface area (Å²) >= 11 is 0. The Kier molecular flexibility index (Phi) is 4.44. The van der Waals surface area contributed by atoms with E-state index in [0.29, 0.717) is 12.2 Å². The van der Waals surface area contributed by atoms with Crippen LogP contribution in [0.2, 0.25) is 0 Å². The molecule has 1 unspecified atom stereocenters. The number of anilines is 1. The highest BCUT2D eigenvalue weighted by Gasteiger charge is 2.37. The predicted octanol–water partition coefficient (Wildman–Crippen LogP) is 5.14. The van der Waals surface area contributed by atoms with E-state index in [1.54, 1.807) is 0 Å². The van der Waals surface area contributed by atoms with Crippen LogP contribution in [-0.4, -0.2) is 12.5 Å². The van der Waals surface area contributed by atoms with Gasteiger partial charge in [-0.05, 0) is 48.7 Å². The molecule has 0 saturated heterocycles. The van der Waals surface area contributed by atoms with Crippen molar-refractivity contribution < 1.29 is 9.53 Å². The van der Waals surface area contributed by atoms with Crippen molar-refractivity contribution in [2.24, 2.45) is 0 Å². The maximum Gasteiger partial charge on any atom is 0.255 e. The topological polar surface area (TPSA) is 38.3 Å². The fourth-order valence-electron chi connectivity index (χ4n) is 3.68. The first-order chi connectivity index (χ1) is 13.0. The van der Waals surface area contributed by atoms with E-state index in [9.17, 15) is 4.79 Å². The number of hydrogen-bond donors (Lipinski definition) is 1. The standard InChI is InChI=1S/C24H23NO2/c1-17-8-6-7-11-21(17)25-23(26)19-12-13-22-20(14-19)24(2,16-27-22)15-18-9-4-3-5-10-18/h3-14H,15-16H2,1-2H3,(H,25,26).